The van der Waals surface area contributed by atoms with E-state index in [4.69, 9.17) is 5.11 Å². The molecule has 6 heteroatoms. The fraction of sp³-hybridized carbons (Fsp3) is 0.786. The highest BCUT2D eigenvalue weighted by molar-refractivity contribution is 5.94. The van der Waals surface area contributed by atoms with Gasteiger partial charge in [-0.25, -0.2) is 4.79 Å². The Balaban J connectivity index is 2.19. The molecule has 20 heavy (non-hydrogen) atoms. The molecule has 0 aromatic rings. The van der Waals surface area contributed by atoms with Crippen LogP contribution in [0.15, 0.2) is 0 Å². The van der Waals surface area contributed by atoms with Crippen LogP contribution < -0.4 is 10.6 Å². The maximum Gasteiger partial charge on any atom is 0.321 e. The number of carboxylic acids is 1. The van der Waals surface area contributed by atoms with Crippen LogP contribution in [0.5, 0.6) is 0 Å². The van der Waals surface area contributed by atoms with Crippen LogP contribution in [-0.4, -0.2) is 29.6 Å². The zero-order chi connectivity index (χ0) is 15.2. The second-order valence-corrected chi connectivity index (χ2v) is 6.30. The molecule has 3 N–H and O–H groups in total. The number of carbonyl (C=O) groups is 3. The van der Waals surface area contributed by atoms with Gasteiger partial charge in [-0.05, 0) is 17.8 Å². The molecular formula is C14H24N2O4. The van der Waals surface area contributed by atoms with Crippen molar-refractivity contribution in [2.45, 2.75) is 52.4 Å². The molecule has 0 aromatic carbocycles. The van der Waals surface area contributed by atoms with E-state index in [1.165, 1.54) is 19.3 Å². The third kappa shape index (κ3) is 6.54. The third-order valence-electron chi connectivity index (χ3n) is 3.58. The first-order chi connectivity index (χ1) is 9.28. The number of rotatable bonds is 7. The van der Waals surface area contributed by atoms with Gasteiger partial charge in [-0.15, -0.1) is 0 Å². The van der Waals surface area contributed by atoms with E-state index in [1.54, 1.807) is 13.8 Å². The first-order valence-electron chi connectivity index (χ1n) is 7.08. The molecule has 1 rings (SSSR count). The van der Waals surface area contributed by atoms with Gasteiger partial charge in [0.1, 0.15) is 0 Å². The summed E-state index contributed by atoms with van der Waals surface area (Å²) in [6.45, 7) is 3.95. The summed E-state index contributed by atoms with van der Waals surface area (Å²) in [5.74, 6) is -0.689. The lowest BCUT2D eigenvalue weighted by Crippen LogP contribution is -2.42. The molecule has 0 atom stereocenters. The second kappa shape index (κ2) is 7.26. The van der Waals surface area contributed by atoms with Crippen LogP contribution in [0.3, 0.4) is 0 Å². The average Bonchev–Trinajstić information content (AvgIpc) is 2.18. The van der Waals surface area contributed by atoms with E-state index in [-0.39, 0.29) is 12.8 Å². The second-order valence-electron chi connectivity index (χ2n) is 6.30. The van der Waals surface area contributed by atoms with Crippen molar-refractivity contribution in [2.75, 3.05) is 6.54 Å². The average molecular weight is 284 g/mol. The SMILES string of the molecule is CC(C)(CC(=O)O)CC(=O)NC(=O)NCCC1CCC1. The fourth-order valence-corrected chi connectivity index (χ4v) is 2.29. The molecule has 1 aliphatic carbocycles. The summed E-state index contributed by atoms with van der Waals surface area (Å²) in [5, 5.41) is 13.6. The molecule has 0 aromatic heterocycles. The summed E-state index contributed by atoms with van der Waals surface area (Å²) in [6, 6.07) is -0.500. The zero-order valence-corrected chi connectivity index (χ0v) is 12.2. The maximum absolute atomic E-state index is 11.7. The Morgan fingerprint density at radius 2 is 1.85 bits per heavy atom. The molecule has 1 fully saturated rings. The Hall–Kier alpha value is -1.59. The van der Waals surface area contributed by atoms with Gasteiger partial charge >= 0.3 is 12.0 Å². The highest BCUT2D eigenvalue weighted by Crippen LogP contribution is 2.28. The lowest BCUT2D eigenvalue weighted by Gasteiger charge is -2.25. The van der Waals surface area contributed by atoms with E-state index in [0.29, 0.717) is 12.5 Å². The van der Waals surface area contributed by atoms with Gasteiger partial charge in [-0.3, -0.25) is 14.9 Å². The summed E-state index contributed by atoms with van der Waals surface area (Å²) >= 11 is 0. The summed E-state index contributed by atoms with van der Waals surface area (Å²) in [6.07, 6.45) is 4.58. The van der Waals surface area contributed by atoms with Crippen molar-refractivity contribution in [3.63, 3.8) is 0 Å². The number of hydrogen-bond acceptors (Lipinski definition) is 3. The summed E-state index contributed by atoms with van der Waals surface area (Å²) < 4.78 is 0. The largest absolute Gasteiger partial charge is 0.481 e. The van der Waals surface area contributed by atoms with Crippen molar-refractivity contribution in [3.8, 4) is 0 Å². The van der Waals surface area contributed by atoms with Crippen LogP contribution in [0.4, 0.5) is 4.79 Å². The Kier molecular flexibility index (Phi) is 5.98. The monoisotopic (exact) mass is 284 g/mol. The normalized spacial score (nSPS) is 15.3. The number of hydrogen-bond donors (Lipinski definition) is 3. The van der Waals surface area contributed by atoms with Crippen molar-refractivity contribution in [2.24, 2.45) is 11.3 Å². The van der Waals surface area contributed by atoms with Crippen molar-refractivity contribution in [3.05, 3.63) is 0 Å². The van der Waals surface area contributed by atoms with Crippen LogP contribution in [0.1, 0.15) is 52.4 Å². The van der Waals surface area contributed by atoms with E-state index in [1.807, 2.05) is 0 Å². The quantitative estimate of drug-likeness (QED) is 0.665. The summed E-state index contributed by atoms with van der Waals surface area (Å²) in [5.41, 5.74) is -0.665. The molecule has 0 heterocycles. The number of urea groups is 1. The molecule has 0 bridgehead atoms. The van der Waals surface area contributed by atoms with Gasteiger partial charge in [0.05, 0.1) is 6.42 Å². The maximum atomic E-state index is 11.7. The zero-order valence-electron chi connectivity index (χ0n) is 12.2. The number of carbonyl (C=O) groups excluding carboxylic acids is 2. The van der Waals surface area contributed by atoms with Gasteiger partial charge in [0.15, 0.2) is 0 Å². The minimum atomic E-state index is -0.951. The molecule has 0 aliphatic heterocycles. The Morgan fingerprint density at radius 3 is 2.35 bits per heavy atom. The Bertz CT molecular complexity index is 375. The molecule has 1 aliphatic rings. The van der Waals surface area contributed by atoms with E-state index in [0.717, 1.165) is 6.42 Å². The molecular weight excluding hydrogens is 260 g/mol. The van der Waals surface area contributed by atoms with Crippen molar-refractivity contribution >= 4 is 17.9 Å². The molecule has 114 valence electrons. The fourth-order valence-electron chi connectivity index (χ4n) is 2.29. The van der Waals surface area contributed by atoms with Crippen molar-refractivity contribution in [1.29, 1.82) is 0 Å². The smallest absolute Gasteiger partial charge is 0.321 e. The lowest BCUT2D eigenvalue weighted by atomic mass is 9.83. The topological polar surface area (TPSA) is 95.5 Å². The van der Waals surface area contributed by atoms with Gasteiger partial charge in [0.2, 0.25) is 5.91 Å². The highest BCUT2D eigenvalue weighted by atomic mass is 16.4. The Morgan fingerprint density at radius 1 is 1.20 bits per heavy atom. The van der Waals surface area contributed by atoms with Crippen LogP contribution in [0.2, 0.25) is 0 Å². The minimum Gasteiger partial charge on any atom is -0.481 e. The first kappa shape index (κ1) is 16.5. The van der Waals surface area contributed by atoms with Gasteiger partial charge in [-0.2, -0.15) is 0 Å². The summed E-state index contributed by atoms with van der Waals surface area (Å²) in [7, 11) is 0. The van der Waals surface area contributed by atoms with Gasteiger partial charge < -0.3 is 10.4 Å². The van der Waals surface area contributed by atoms with Crippen molar-refractivity contribution < 1.29 is 19.5 Å². The van der Waals surface area contributed by atoms with Crippen LogP contribution >= 0.6 is 0 Å². The standard InChI is InChI=1S/C14H24N2O4/c1-14(2,9-12(18)19)8-11(17)16-13(20)15-7-6-10-4-3-5-10/h10H,3-9H2,1-2H3,(H,18,19)(H2,15,16,17,20). The summed E-state index contributed by atoms with van der Waals surface area (Å²) in [4.78, 5) is 33.8. The van der Waals surface area contributed by atoms with E-state index in [2.05, 4.69) is 10.6 Å². The molecule has 0 saturated heterocycles. The Labute approximate surface area is 119 Å². The molecule has 0 spiro atoms. The number of nitrogens with one attached hydrogen (secondary N) is 2. The number of carboxylic acid groups (broad SMARTS) is 1. The van der Waals surface area contributed by atoms with Crippen LogP contribution in [0, 0.1) is 11.3 Å². The lowest BCUT2D eigenvalue weighted by molar-refractivity contribution is -0.139. The number of amides is 3. The molecule has 6 nitrogen and oxygen atoms in total. The van der Waals surface area contributed by atoms with Crippen LogP contribution in [0.25, 0.3) is 0 Å². The highest BCUT2D eigenvalue weighted by Gasteiger charge is 2.26. The van der Waals surface area contributed by atoms with E-state index < -0.39 is 23.3 Å². The van der Waals surface area contributed by atoms with Gasteiger partial charge in [0.25, 0.3) is 0 Å². The minimum absolute atomic E-state index is 0.00927. The van der Waals surface area contributed by atoms with Gasteiger partial charge in [0, 0.05) is 13.0 Å². The molecule has 1 saturated carbocycles. The first-order valence-corrected chi connectivity index (χ1v) is 7.08. The predicted octanol–water partition coefficient (Wildman–Crippen LogP) is 1.89. The van der Waals surface area contributed by atoms with Crippen LogP contribution in [-0.2, 0) is 9.59 Å². The molecule has 0 unspecified atom stereocenters. The van der Waals surface area contributed by atoms with E-state index in [9.17, 15) is 14.4 Å². The van der Waals surface area contributed by atoms with Crippen molar-refractivity contribution in [1.82, 2.24) is 10.6 Å². The van der Waals surface area contributed by atoms with Gasteiger partial charge in [-0.1, -0.05) is 33.1 Å². The number of imide groups is 1. The number of aliphatic carboxylic acids is 1. The van der Waals surface area contributed by atoms with E-state index >= 15 is 0 Å². The predicted molar refractivity (Wildman–Crippen MR) is 74.2 cm³/mol. The third-order valence-corrected chi connectivity index (χ3v) is 3.58. The molecule has 3 amide bonds. The molecule has 0 radical (unpaired) electrons.